The van der Waals surface area contributed by atoms with Crippen LogP contribution in [0.4, 0.5) is 0 Å². The Labute approximate surface area is 162 Å². The molecule has 0 aliphatic rings. The Balaban J connectivity index is 1.82. The van der Waals surface area contributed by atoms with Gasteiger partial charge in [0.1, 0.15) is 0 Å². The minimum absolute atomic E-state index is 0.318. The van der Waals surface area contributed by atoms with E-state index in [-0.39, 0.29) is 12.5 Å². The number of hydrogen-bond acceptors (Lipinski definition) is 6. The van der Waals surface area contributed by atoms with Gasteiger partial charge in [0.15, 0.2) is 24.2 Å². The van der Waals surface area contributed by atoms with Gasteiger partial charge in [-0.25, -0.2) is 4.79 Å². The lowest BCUT2D eigenvalue weighted by atomic mass is 10.2. The fourth-order valence-corrected chi connectivity index (χ4v) is 2.90. The van der Waals surface area contributed by atoms with E-state index < -0.39 is 12.1 Å². The Morgan fingerprint density at radius 1 is 1.26 bits per heavy atom. The van der Waals surface area contributed by atoms with Crippen LogP contribution in [0.25, 0.3) is 6.08 Å². The van der Waals surface area contributed by atoms with E-state index in [9.17, 15) is 9.59 Å². The summed E-state index contributed by atoms with van der Waals surface area (Å²) in [6.45, 7) is 3.53. The number of allylic oxidation sites excluding steroid dienone is 1. The van der Waals surface area contributed by atoms with Crippen LogP contribution in [-0.4, -0.2) is 31.7 Å². The lowest BCUT2D eigenvalue weighted by Crippen LogP contribution is -2.36. The van der Waals surface area contributed by atoms with Crippen LogP contribution >= 0.6 is 11.3 Å². The Hall–Kier alpha value is -2.80. The van der Waals surface area contributed by atoms with Gasteiger partial charge < -0.3 is 19.5 Å². The third-order valence-electron chi connectivity index (χ3n) is 3.59. The molecule has 0 aliphatic heterocycles. The lowest BCUT2D eigenvalue weighted by Gasteiger charge is -2.14. The van der Waals surface area contributed by atoms with Gasteiger partial charge in [0.05, 0.1) is 13.7 Å². The van der Waals surface area contributed by atoms with E-state index in [0.29, 0.717) is 18.0 Å². The molecule has 1 aromatic heterocycles. The van der Waals surface area contributed by atoms with Crippen LogP contribution in [0.3, 0.4) is 0 Å². The van der Waals surface area contributed by atoms with E-state index in [4.69, 9.17) is 14.2 Å². The van der Waals surface area contributed by atoms with Crippen molar-refractivity contribution in [3.63, 3.8) is 0 Å². The zero-order chi connectivity index (χ0) is 19.6. The van der Waals surface area contributed by atoms with Crippen LogP contribution in [-0.2, 0) is 20.9 Å². The number of thiophene rings is 1. The molecule has 0 bridgehead atoms. The Morgan fingerprint density at radius 3 is 2.74 bits per heavy atom. The Kier molecular flexibility index (Phi) is 7.88. The second kappa shape index (κ2) is 10.4. The topological polar surface area (TPSA) is 73.9 Å². The molecular formula is C20H23NO5S. The number of amides is 1. The van der Waals surface area contributed by atoms with Gasteiger partial charge in [-0.15, -0.1) is 11.3 Å². The minimum atomic E-state index is -0.903. The summed E-state index contributed by atoms with van der Waals surface area (Å²) in [6, 6.07) is 9.21. The zero-order valence-corrected chi connectivity index (χ0v) is 16.4. The first-order chi connectivity index (χ1) is 13.0. The summed E-state index contributed by atoms with van der Waals surface area (Å²) in [5.41, 5.74) is 0.959. The molecule has 6 nitrogen and oxygen atoms in total. The standard InChI is InChI=1S/C20H23NO5S/c1-4-6-15-8-9-17(18(11-15)24-3)25-13-19(22)26-14(2)20(23)21-12-16-7-5-10-27-16/h4-11,14H,12-13H2,1-3H3,(H,21,23)/b6-4+. The molecule has 2 aromatic rings. The Bertz CT molecular complexity index is 786. The second-order valence-electron chi connectivity index (χ2n) is 5.63. The maximum Gasteiger partial charge on any atom is 0.344 e. The lowest BCUT2D eigenvalue weighted by molar-refractivity contribution is -0.156. The average Bonchev–Trinajstić information content (AvgIpc) is 3.18. The van der Waals surface area contributed by atoms with Gasteiger partial charge in [0.2, 0.25) is 0 Å². The molecule has 1 aromatic carbocycles. The largest absolute Gasteiger partial charge is 0.493 e. The molecule has 0 aliphatic carbocycles. The maximum atomic E-state index is 12.0. The molecule has 1 heterocycles. The van der Waals surface area contributed by atoms with E-state index in [1.165, 1.54) is 14.0 Å². The van der Waals surface area contributed by atoms with Crippen LogP contribution in [0.5, 0.6) is 11.5 Å². The molecule has 1 amide bonds. The molecule has 0 saturated carbocycles. The van der Waals surface area contributed by atoms with Crippen molar-refractivity contribution < 1.29 is 23.8 Å². The summed E-state index contributed by atoms with van der Waals surface area (Å²) in [7, 11) is 1.53. The number of methoxy groups -OCH3 is 1. The highest BCUT2D eigenvalue weighted by atomic mass is 32.1. The molecule has 0 saturated heterocycles. The third kappa shape index (κ3) is 6.45. The van der Waals surface area contributed by atoms with Crippen molar-refractivity contribution in [1.82, 2.24) is 5.32 Å². The van der Waals surface area contributed by atoms with E-state index in [1.54, 1.807) is 23.5 Å². The van der Waals surface area contributed by atoms with Crippen LogP contribution in [0, 0.1) is 0 Å². The van der Waals surface area contributed by atoms with Gasteiger partial charge in [0.25, 0.3) is 5.91 Å². The van der Waals surface area contributed by atoms with Crippen molar-refractivity contribution in [2.75, 3.05) is 13.7 Å². The number of carbonyl (C=O) groups excluding carboxylic acids is 2. The van der Waals surface area contributed by atoms with E-state index in [1.807, 2.05) is 42.7 Å². The van der Waals surface area contributed by atoms with Gasteiger partial charge in [-0.1, -0.05) is 24.3 Å². The summed E-state index contributed by atoms with van der Waals surface area (Å²) < 4.78 is 15.9. The molecule has 1 atom stereocenters. The number of esters is 1. The first kappa shape index (κ1) is 20.5. The number of ether oxygens (including phenoxy) is 3. The van der Waals surface area contributed by atoms with Gasteiger partial charge in [-0.2, -0.15) is 0 Å². The van der Waals surface area contributed by atoms with Crippen molar-refractivity contribution in [1.29, 1.82) is 0 Å². The summed E-state index contributed by atoms with van der Waals surface area (Å²) in [6.07, 6.45) is 2.94. The smallest absolute Gasteiger partial charge is 0.344 e. The maximum absolute atomic E-state index is 12.0. The number of carbonyl (C=O) groups is 2. The summed E-state index contributed by atoms with van der Waals surface area (Å²) in [5, 5.41) is 4.66. The first-order valence-corrected chi connectivity index (χ1v) is 9.34. The van der Waals surface area contributed by atoms with Crippen LogP contribution in [0.1, 0.15) is 24.3 Å². The Morgan fingerprint density at radius 2 is 2.07 bits per heavy atom. The van der Waals surface area contributed by atoms with Crippen molar-refractivity contribution >= 4 is 29.3 Å². The van der Waals surface area contributed by atoms with Crippen molar-refractivity contribution in [3.8, 4) is 11.5 Å². The number of nitrogens with one attached hydrogen (secondary N) is 1. The SMILES string of the molecule is C/C=C/c1ccc(OCC(=O)OC(C)C(=O)NCc2cccs2)c(OC)c1. The third-order valence-corrected chi connectivity index (χ3v) is 4.46. The molecule has 27 heavy (non-hydrogen) atoms. The zero-order valence-electron chi connectivity index (χ0n) is 15.6. The normalized spacial score (nSPS) is 11.8. The van der Waals surface area contributed by atoms with Gasteiger partial charge in [-0.3, -0.25) is 4.79 Å². The van der Waals surface area contributed by atoms with Crippen LogP contribution < -0.4 is 14.8 Å². The van der Waals surface area contributed by atoms with E-state index >= 15 is 0 Å². The van der Waals surface area contributed by atoms with Crippen LogP contribution in [0.15, 0.2) is 41.8 Å². The monoisotopic (exact) mass is 389 g/mol. The van der Waals surface area contributed by atoms with Crippen molar-refractivity contribution in [2.45, 2.75) is 26.5 Å². The van der Waals surface area contributed by atoms with E-state index in [2.05, 4.69) is 5.32 Å². The molecule has 0 spiro atoms. The highest BCUT2D eigenvalue weighted by molar-refractivity contribution is 7.09. The number of hydrogen-bond donors (Lipinski definition) is 1. The molecule has 2 rings (SSSR count). The molecule has 0 radical (unpaired) electrons. The second-order valence-corrected chi connectivity index (χ2v) is 6.66. The predicted molar refractivity (Wildman–Crippen MR) is 105 cm³/mol. The number of benzene rings is 1. The van der Waals surface area contributed by atoms with Gasteiger partial charge in [0, 0.05) is 4.88 Å². The molecule has 144 valence electrons. The van der Waals surface area contributed by atoms with E-state index in [0.717, 1.165) is 10.4 Å². The fourth-order valence-electron chi connectivity index (χ4n) is 2.25. The highest BCUT2D eigenvalue weighted by Gasteiger charge is 2.18. The molecule has 1 unspecified atom stereocenters. The first-order valence-electron chi connectivity index (χ1n) is 8.46. The summed E-state index contributed by atoms with van der Waals surface area (Å²) in [5.74, 6) is -0.0453. The summed E-state index contributed by atoms with van der Waals surface area (Å²) in [4.78, 5) is 25.0. The molecule has 0 fully saturated rings. The van der Waals surface area contributed by atoms with Crippen molar-refractivity contribution in [2.24, 2.45) is 0 Å². The van der Waals surface area contributed by atoms with Crippen molar-refractivity contribution in [3.05, 3.63) is 52.2 Å². The van der Waals surface area contributed by atoms with Crippen LogP contribution in [0.2, 0.25) is 0 Å². The number of rotatable bonds is 9. The predicted octanol–water partition coefficient (Wildman–Crippen LogP) is 3.42. The quantitative estimate of drug-likeness (QED) is 0.665. The van der Waals surface area contributed by atoms with Gasteiger partial charge >= 0.3 is 5.97 Å². The molecule has 1 N–H and O–H groups in total. The van der Waals surface area contributed by atoms with Gasteiger partial charge in [-0.05, 0) is 43.0 Å². The fraction of sp³-hybridized carbons (Fsp3) is 0.300. The highest BCUT2D eigenvalue weighted by Crippen LogP contribution is 2.28. The summed E-state index contributed by atoms with van der Waals surface area (Å²) >= 11 is 1.55. The average molecular weight is 389 g/mol. The molecule has 7 heteroatoms. The minimum Gasteiger partial charge on any atom is -0.493 e. The molecular weight excluding hydrogens is 366 g/mol.